The van der Waals surface area contributed by atoms with Crippen molar-refractivity contribution in [1.29, 1.82) is 0 Å². The number of piperidine rings is 1. The van der Waals surface area contributed by atoms with Crippen LogP contribution in [0.15, 0.2) is 12.1 Å². The zero-order valence-corrected chi connectivity index (χ0v) is 11.3. The second-order valence-electron chi connectivity index (χ2n) is 5.31. The molecule has 2 unspecified atom stereocenters. The number of hydrogen-bond acceptors (Lipinski definition) is 4. The molecule has 4 nitrogen and oxygen atoms in total. The fraction of sp³-hybridized carbons (Fsp3) is 0.643. The van der Waals surface area contributed by atoms with E-state index >= 15 is 0 Å². The molecule has 2 atom stereocenters. The second kappa shape index (κ2) is 5.67. The average Bonchev–Trinajstić information content (AvgIpc) is 2.34. The summed E-state index contributed by atoms with van der Waals surface area (Å²) in [7, 11) is 0. The van der Waals surface area contributed by atoms with Gasteiger partial charge >= 0.3 is 0 Å². The summed E-state index contributed by atoms with van der Waals surface area (Å²) in [6, 6.07) is 4.12. The van der Waals surface area contributed by atoms with Gasteiger partial charge in [-0.15, -0.1) is 0 Å². The van der Waals surface area contributed by atoms with E-state index in [9.17, 15) is 5.11 Å². The summed E-state index contributed by atoms with van der Waals surface area (Å²) >= 11 is 0. The van der Waals surface area contributed by atoms with Gasteiger partial charge in [-0.3, -0.25) is 9.88 Å². The minimum Gasteiger partial charge on any atom is -0.506 e. The molecule has 1 aromatic heterocycles. The van der Waals surface area contributed by atoms with E-state index < -0.39 is 0 Å². The van der Waals surface area contributed by atoms with Crippen LogP contribution in [0.1, 0.15) is 37.6 Å². The lowest BCUT2D eigenvalue weighted by Gasteiger charge is -2.37. The van der Waals surface area contributed by atoms with Crippen molar-refractivity contribution in [3.63, 3.8) is 0 Å². The van der Waals surface area contributed by atoms with Crippen molar-refractivity contribution in [2.45, 2.75) is 51.7 Å². The van der Waals surface area contributed by atoms with Crippen molar-refractivity contribution in [3.05, 3.63) is 23.5 Å². The Morgan fingerprint density at radius 1 is 1.50 bits per heavy atom. The predicted molar refractivity (Wildman–Crippen MR) is 72.3 cm³/mol. The maximum atomic E-state index is 9.87. The average molecular weight is 249 g/mol. The van der Waals surface area contributed by atoms with Gasteiger partial charge in [0.25, 0.3) is 0 Å². The van der Waals surface area contributed by atoms with Crippen LogP contribution in [-0.2, 0) is 6.54 Å². The van der Waals surface area contributed by atoms with Gasteiger partial charge in [0, 0.05) is 24.3 Å². The number of likely N-dealkylation sites (tertiary alicyclic amines) is 1. The van der Waals surface area contributed by atoms with Crippen molar-refractivity contribution in [2.24, 2.45) is 5.73 Å². The number of rotatable bonds is 3. The molecular formula is C14H23N3O. The molecule has 1 aliphatic heterocycles. The first kappa shape index (κ1) is 13.3. The number of pyridine rings is 1. The van der Waals surface area contributed by atoms with E-state index in [1.807, 2.05) is 13.0 Å². The molecule has 2 heterocycles. The molecule has 0 aromatic carbocycles. The molecule has 0 amide bonds. The third-order valence-corrected chi connectivity index (χ3v) is 3.71. The molecule has 0 saturated carbocycles. The van der Waals surface area contributed by atoms with Crippen LogP contribution in [0.4, 0.5) is 0 Å². The third-order valence-electron chi connectivity index (χ3n) is 3.71. The first-order chi connectivity index (χ1) is 8.58. The summed E-state index contributed by atoms with van der Waals surface area (Å²) in [4.78, 5) is 6.78. The van der Waals surface area contributed by atoms with Crippen molar-refractivity contribution < 1.29 is 5.11 Å². The zero-order valence-electron chi connectivity index (χ0n) is 11.3. The number of hydrogen-bond donors (Lipinski definition) is 2. The van der Waals surface area contributed by atoms with Crippen molar-refractivity contribution >= 4 is 0 Å². The summed E-state index contributed by atoms with van der Waals surface area (Å²) < 4.78 is 0. The van der Waals surface area contributed by atoms with Crippen LogP contribution >= 0.6 is 0 Å². The minimum absolute atomic E-state index is 0.164. The molecular weight excluding hydrogens is 226 g/mol. The normalized spacial score (nSPS) is 22.9. The fourth-order valence-corrected chi connectivity index (χ4v) is 2.72. The van der Waals surface area contributed by atoms with Crippen LogP contribution in [0.5, 0.6) is 5.75 Å². The monoisotopic (exact) mass is 249 g/mol. The molecule has 0 spiro atoms. The SMILES string of the molecule is Cc1ccc(O)c(CN2CCCCC2C(C)N)n1. The Kier molecular flexibility index (Phi) is 4.19. The van der Waals surface area contributed by atoms with E-state index in [-0.39, 0.29) is 11.8 Å². The van der Waals surface area contributed by atoms with Gasteiger partial charge in [-0.05, 0) is 45.4 Å². The largest absolute Gasteiger partial charge is 0.506 e. The highest BCUT2D eigenvalue weighted by Gasteiger charge is 2.26. The van der Waals surface area contributed by atoms with E-state index in [2.05, 4.69) is 16.8 Å². The smallest absolute Gasteiger partial charge is 0.138 e. The van der Waals surface area contributed by atoms with Crippen molar-refractivity contribution in [3.8, 4) is 5.75 Å². The van der Waals surface area contributed by atoms with Crippen LogP contribution < -0.4 is 5.73 Å². The van der Waals surface area contributed by atoms with Gasteiger partial charge in [0.05, 0.1) is 5.69 Å². The Hall–Kier alpha value is -1.13. The number of aromatic nitrogens is 1. The van der Waals surface area contributed by atoms with Gasteiger partial charge in [-0.25, -0.2) is 0 Å². The summed E-state index contributed by atoms with van der Waals surface area (Å²) in [6.45, 7) is 5.75. The van der Waals surface area contributed by atoms with Gasteiger partial charge in [0.15, 0.2) is 0 Å². The van der Waals surface area contributed by atoms with E-state index in [0.717, 1.165) is 24.4 Å². The minimum atomic E-state index is 0.164. The quantitative estimate of drug-likeness (QED) is 0.857. The summed E-state index contributed by atoms with van der Waals surface area (Å²) in [5.41, 5.74) is 7.76. The maximum Gasteiger partial charge on any atom is 0.138 e. The molecule has 4 heteroatoms. The number of nitrogens with zero attached hydrogens (tertiary/aromatic N) is 2. The molecule has 1 aliphatic rings. The number of aryl methyl sites for hydroxylation is 1. The molecule has 2 rings (SSSR count). The molecule has 1 saturated heterocycles. The Morgan fingerprint density at radius 3 is 3.00 bits per heavy atom. The number of nitrogens with two attached hydrogens (primary N) is 1. The van der Waals surface area contributed by atoms with Gasteiger partial charge in [0.1, 0.15) is 5.75 Å². The Bertz CT molecular complexity index is 406. The molecule has 18 heavy (non-hydrogen) atoms. The molecule has 0 bridgehead atoms. The highest BCUT2D eigenvalue weighted by atomic mass is 16.3. The predicted octanol–water partition coefficient (Wildman–Crippen LogP) is 1.80. The molecule has 100 valence electrons. The van der Waals surface area contributed by atoms with Crippen LogP contribution in [0.25, 0.3) is 0 Å². The van der Waals surface area contributed by atoms with E-state index in [0.29, 0.717) is 12.6 Å². The third kappa shape index (κ3) is 3.00. The highest BCUT2D eigenvalue weighted by Crippen LogP contribution is 2.24. The van der Waals surface area contributed by atoms with E-state index in [1.165, 1.54) is 12.8 Å². The standard InChI is InChI=1S/C14H23N3O/c1-10-6-7-14(18)12(16-10)9-17-8-4-3-5-13(17)11(2)15/h6-7,11,13,18H,3-5,8-9,15H2,1-2H3. The highest BCUT2D eigenvalue weighted by molar-refractivity contribution is 5.27. The van der Waals surface area contributed by atoms with Crippen molar-refractivity contribution in [1.82, 2.24) is 9.88 Å². The van der Waals surface area contributed by atoms with E-state index in [1.54, 1.807) is 6.07 Å². The summed E-state index contributed by atoms with van der Waals surface area (Å²) in [5.74, 6) is 0.287. The van der Waals surface area contributed by atoms with Crippen LogP contribution in [0, 0.1) is 6.92 Å². The summed E-state index contributed by atoms with van der Waals surface area (Å²) in [5, 5.41) is 9.87. The Morgan fingerprint density at radius 2 is 2.28 bits per heavy atom. The van der Waals surface area contributed by atoms with Gasteiger partial charge in [-0.1, -0.05) is 6.42 Å². The van der Waals surface area contributed by atoms with Crippen LogP contribution in [0.3, 0.4) is 0 Å². The molecule has 1 aromatic rings. The maximum absolute atomic E-state index is 9.87. The van der Waals surface area contributed by atoms with Crippen molar-refractivity contribution in [2.75, 3.05) is 6.54 Å². The topological polar surface area (TPSA) is 62.4 Å². The zero-order chi connectivity index (χ0) is 13.1. The number of aromatic hydroxyl groups is 1. The molecule has 0 aliphatic carbocycles. The lowest BCUT2D eigenvalue weighted by molar-refractivity contribution is 0.120. The van der Waals surface area contributed by atoms with Gasteiger partial charge < -0.3 is 10.8 Å². The Labute approximate surface area is 109 Å². The molecule has 3 N–H and O–H groups in total. The van der Waals surface area contributed by atoms with Gasteiger partial charge in [-0.2, -0.15) is 0 Å². The van der Waals surface area contributed by atoms with E-state index in [4.69, 9.17) is 5.73 Å². The molecule has 0 radical (unpaired) electrons. The van der Waals surface area contributed by atoms with Gasteiger partial charge in [0.2, 0.25) is 0 Å². The first-order valence-electron chi connectivity index (χ1n) is 6.73. The Balaban J connectivity index is 2.13. The lowest BCUT2D eigenvalue weighted by Crippen LogP contribution is -2.48. The fourth-order valence-electron chi connectivity index (χ4n) is 2.72. The van der Waals surface area contributed by atoms with Crippen LogP contribution in [-0.4, -0.2) is 33.6 Å². The van der Waals surface area contributed by atoms with Crippen LogP contribution in [0.2, 0.25) is 0 Å². The first-order valence-corrected chi connectivity index (χ1v) is 6.73. The second-order valence-corrected chi connectivity index (χ2v) is 5.31. The lowest BCUT2D eigenvalue weighted by atomic mass is 9.96. The summed E-state index contributed by atoms with van der Waals surface area (Å²) in [6.07, 6.45) is 3.59. The molecule has 1 fully saturated rings.